The molecule has 0 fully saturated rings. The van der Waals surface area contributed by atoms with E-state index in [9.17, 15) is 9.59 Å². The molecule has 0 saturated carbocycles. The van der Waals surface area contributed by atoms with Crippen LogP contribution in [0, 0.1) is 0 Å². The third-order valence-electron chi connectivity index (χ3n) is 2.53. The van der Waals surface area contributed by atoms with Gasteiger partial charge in [-0.1, -0.05) is 38.5 Å². The number of hydrogen-bond acceptors (Lipinski definition) is 2. The Kier molecular flexibility index (Phi) is 23.9. The number of rotatable bonds is 11. The molecule has 0 heterocycles. The molecule has 98 valence electrons. The average molecular weight is 278 g/mol. The maximum absolute atomic E-state index is 10.2. The number of hydrogen-bond donors (Lipinski definition) is 2. The molecular formula is C12H24Na2O4. The van der Waals surface area contributed by atoms with E-state index < -0.39 is 11.9 Å². The molecule has 0 aliphatic carbocycles. The largest absolute Gasteiger partial charge is 1.00 e. The van der Waals surface area contributed by atoms with Crippen molar-refractivity contribution in [3.8, 4) is 0 Å². The fourth-order valence-electron chi connectivity index (χ4n) is 1.61. The zero-order chi connectivity index (χ0) is 12.2. The molecule has 0 saturated heterocycles. The van der Waals surface area contributed by atoms with Crippen LogP contribution < -0.4 is 59.1 Å². The van der Waals surface area contributed by atoms with Gasteiger partial charge in [0.2, 0.25) is 0 Å². The van der Waals surface area contributed by atoms with Crippen LogP contribution in [-0.4, -0.2) is 22.2 Å². The van der Waals surface area contributed by atoms with Gasteiger partial charge in [0.05, 0.1) is 0 Å². The van der Waals surface area contributed by atoms with Crippen molar-refractivity contribution in [2.75, 3.05) is 0 Å². The van der Waals surface area contributed by atoms with Crippen molar-refractivity contribution in [3.05, 3.63) is 0 Å². The number of carboxylic acid groups (broad SMARTS) is 2. The molecule has 0 aromatic rings. The Bertz CT molecular complexity index is 198. The molecule has 0 bridgehead atoms. The molecule has 6 heteroatoms. The zero-order valence-corrected chi connectivity index (χ0v) is 15.8. The fraction of sp³-hybridized carbons (Fsp3) is 0.833. The minimum Gasteiger partial charge on any atom is -1.00 e. The SMILES string of the molecule is O=C(O)CCCCCCCCCCC(=O)O.[H-].[H-].[Na+].[Na+]. The Balaban J connectivity index is -0.000000187. The Morgan fingerprint density at radius 1 is 0.611 bits per heavy atom. The van der Waals surface area contributed by atoms with E-state index in [1.165, 1.54) is 0 Å². The van der Waals surface area contributed by atoms with Crippen LogP contribution in [0.25, 0.3) is 0 Å². The van der Waals surface area contributed by atoms with Crippen molar-refractivity contribution in [2.24, 2.45) is 0 Å². The summed E-state index contributed by atoms with van der Waals surface area (Å²) in [5.74, 6) is -1.43. The van der Waals surface area contributed by atoms with Gasteiger partial charge in [0.25, 0.3) is 0 Å². The Labute approximate surface area is 156 Å². The molecule has 0 aromatic heterocycles. The Morgan fingerprint density at radius 3 is 1.06 bits per heavy atom. The van der Waals surface area contributed by atoms with Gasteiger partial charge in [0.15, 0.2) is 0 Å². The smallest absolute Gasteiger partial charge is 1.00 e. The van der Waals surface area contributed by atoms with E-state index in [0.717, 1.165) is 51.4 Å². The molecule has 0 radical (unpaired) electrons. The van der Waals surface area contributed by atoms with Gasteiger partial charge in [-0.3, -0.25) is 9.59 Å². The van der Waals surface area contributed by atoms with E-state index in [1.807, 2.05) is 0 Å². The molecular weight excluding hydrogens is 254 g/mol. The average Bonchev–Trinajstić information content (AvgIpc) is 2.20. The van der Waals surface area contributed by atoms with E-state index in [2.05, 4.69) is 0 Å². The van der Waals surface area contributed by atoms with Gasteiger partial charge >= 0.3 is 71.1 Å². The van der Waals surface area contributed by atoms with Gasteiger partial charge in [-0.05, 0) is 12.8 Å². The zero-order valence-electron chi connectivity index (χ0n) is 13.8. The summed E-state index contributed by atoms with van der Waals surface area (Å²) in [6, 6.07) is 0. The van der Waals surface area contributed by atoms with Crippen LogP contribution >= 0.6 is 0 Å². The molecule has 0 amide bonds. The van der Waals surface area contributed by atoms with Gasteiger partial charge in [-0.2, -0.15) is 0 Å². The van der Waals surface area contributed by atoms with Crippen molar-refractivity contribution < 1.29 is 81.8 Å². The van der Waals surface area contributed by atoms with Crippen LogP contribution in [0.1, 0.15) is 67.1 Å². The minimum absolute atomic E-state index is 0. The number of carboxylic acids is 2. The molecule has 2 N–H and O–H groups in total. The second-order valence-electron chi connectivity index (χ2n) is 4.12. The first kappa shape index (κ1) is 24.0. The topological polar surface area (TPSA) is 74.6 Å². The van der Waals surface area contributed by atoms with Crippen LogP contribution in [0.15, 0.2) is 0 Å². The van der Waals surface area contributed by atoms with Crippen LogP contribution in [0.4, 0.5) is 0 Å². The molecule has 18 heavy (non-hydrogen) atoms. The summed E-state index contributed by atoms with van der Waals surface area (Å²) in [6.45, 7) is 0. The first-order valence-corrected chi connectivity index (χ1v) is 6.06. The summed E-state index contributed by atoms with van der Waals surface area (Å²) in [5, 5.41) is 16.8. The van der Waals surface area contributed by atoms with Gasteiger partial charge in [-0.25, -0.2) is 0 Å². The standard InChI is InChI=1S/C12H22O4.2Na.2H/c13-11(14)9-7-5-3-1-2-4-6-8-10-12(15)16;;;;/h1-10H2,(H,13,14)(H,15,16);;;;/q;2*+1;2*-1. The second kappa shape index (κ2) is 17.9. The molecule has 0 aliphatic heterocycles. The van der Waals surface area contributed by atoms with E-state index in [4.69, 9.17) is 10.2 Å². The van der Waals surface area contributed by atoms with Gasteiger partial charge < -0.3 is 13.1 Å². The van der Waals surface area contributed by atoms with Gasteiger partial charge in [0.1, 0.15) is 0 Å². The summed E-state index contributed by atoms with van der Waals surface area (Å²) >= 11 is 0. The van der Waals surface area contributed by atoms with Crippen molar-refractivity contribution in [3.63, 3.8) is 0 Å². The first-order valence-electron chi connectivity index (χ1n) is 6.06. The quantitative estimate of drug-likeness (QED) is 0.318. The molecule has 0 atom stereocenters. The molecule has 0 unspecified atom stereocenters. The predicted molar refractivity (Wildman–Crippen MR) is 63.7 cm³/mol. The van der Waals surface area contributed by atoms with Gasteiger partial charge in [0, 0.05) is 12.8 Å². The third-order valence-corrected chi connectivity index (χ3v) is 2.53. The van der Waals surface area contributed by atoms with Crippen LogP contribution in [-0.2, 0) is 9.59 Å². The summed E-state index contributed by atoms with van der Waals surface area (Å²) in [6.07, 6.45) is 8.51. The molecule has 4 nitrogen and oxygen atoms in total. The number of carbonyl (C=O) groups is 2. The third kappa shape index (κ3) is 22.1. The van der Waals surface area contributed by atoms with E-state index in [-0.39, 0.29) is 74.8 Å². The second-order valence-corrected chi connectivity index (χ2v) is 4.12. The summed E-state index contributed by atoms with van der Waals surface area (Å²) in [7, 11) is 0. The number of aliphatic carboxylic acids is 2. The van der Waals surface area contributed by atoms with Crippen LogP contribution in [0.2, 0.25) is 0 Å². The van der Waals surface area contributed by atoms with E-state index in [0.29, 0.717) is 0 Å². The van der Waals surface area contributed by atoms with Crippen molar-refractivity contribution in [1.29, 1.82) is 0 Å². The van der Waals surface area contributed by atoms with Crippen LogP contribution in [0.3, 0.4) is 0 Å². The Morgan fingerprint density at radius 2 is 0.833 bits per heavy atom. The summed E-state index contributed by atoms with van der Waals surface area (Å²) in [4.78, 5) is 20.4. The summed E-state index contributed by atoms with van der Waals surface area (Å²) < 4.78 is 0. The van der Waals surface area contributed by atoms with E-state index in [1.54, 1.807) is 0 Å². The fourth-order valence-corrected chi connectivity index (χ4v) is 1.61. The van der Waals surface area contributed by atoms with Crippen molar-refractivity contribution in [1.82, 2.24) is 0 Å². The number of unbranched alkanes of at least 4 members (excludes halogenated alkanes) is 7. The maximum atomic E-state index is 10.2. The van der Waals surface area contributed by atoms with E-state index >= 15 is 0 Å². The van der Waals surface area contributed by atoms with Gasteiger partial charge in [-0.15, -0.1) is 0 Å². The summed E-state index contributed by atoms with van der Waals surface area (Å²) in [5.41, 5.74) is 0. The molecule has 0 rings (SSSR count). The first-order chi connectivity index (χ1) is 7.63. The normalized spacial score (nSPS) is 9.11. The Hall–Kier alpha value is 0.940. The maximum Gasteiger partial charge on any atom is 1.00 e. The van der Waals surface area contributed by atoms with Crippen molar-refractivity contribution >= 4 is 11.9 Å². The predicted octanol–water partition coefficient (Wildman–Crippen LogP) is -2.71. The monoisotopic (exact) mass is 278 g/mol. The molecule has 0 aliphatic rings. The molecule has 0 spiro atoms. The molecule has 0 aromatic carbocycles. The van der Waals surface area contributed by atoms with Crippen molar-refractivity contribution in [2.45, 2.75) is 64.2 Å². The van der Waals surface area contributed by atoms with Crippen LogP contribution in [0.5, 0.6) is 0 Å². The minimum atomic E-state index is -0.714.